The van der Waals surface area contributed by atoms with E-state index in [1.165, 1.54) is 27.4 Å². The van der Waals surface area contributed by atoms with Crippen LogP contribution in [0.4, 0.5) is 0 Å². The molecule has 6 nitrogen and oxygen atoms in total. The maximum atomic E-state index is 4.95. The van der Waals surface area contributed by atoms with Crippen LogP contribution in [0.15, 0.2) is 194 Å². The number of benzene rings is 7. The molecule has 0 aliphatic rings. The molecule has 56 heavy (non-hydrogen) atoms. The van der Waals surface area contributed by atoms with Gasteiger partial charge in [0.25, 0.3) is 0 Å². The van der Waals surface area contributed by atoms with E-state index in [2.05, 4.69) is 130 Å². The van der Waals surface area contributed by atoms with Crippen molar-refractivity contribution in [2.24, 2.45) is 0 Å². The molecule has 6 heteroatoms. The van der Waals surface area contributed by atoms with Crippen molar-refractivity contribution in [3.8, 4) is 56.7 Å². The van der Waals surface area contributed by atoms with Gasteiger partial charge in [-0.3, -0.25) is 4.57 Å². The molecular weight excluding hydrogens is 685 g/mol. The Morgan fingerprint density at radius 3 is 1.57 bits per heavy atom. The first-order valence-corrected chi connectivity index (χ1v) is 18.7. The summed E-state index contributed by atoms with van der Waals surface area (Å²) in [7, 11) is 0. The fourth-order valence-electron chi connectivity index (χ4n) is 8.07. The Kier molecular flexibility index (Phi) is 7.38. The molecule has 0 spiro atoms. The third-order valence-corrected chi connectivity index (χ3v) is 10.6. The summed E-state index contributed by atoms with van der Waals surface area (Å²) in [6.45, 7) is 0. The summed E-state index contributed by atoms with van der Waals surface area (Å²) in [5.74, 6) is 1.90. The lowest BCUT2D eigenvalue weighted by Gasteiger charge is -2.12. The van der Waals surface area contributed by atoms with Crippen LogP contribution in [-0.2, 0) is 0 Å². The van der Waals surface area contributed by atoms with Crippen molar-refractivity contribution in [1.29, 1.82) is 0 Å². The van der Waals surface area contributed by atoms with Crippen LogP contribution < -0.4 is 0 Å². The lowest BCUT2D eigenvalue weighted by Crippen LogP contribution is -2.00. The SMILES string of the molecule is c1ccc(-c2nc(-c3ccccc3)nc(-c3ccc(-n4c5ccc(-c6cccc7c8ccccc8n(-c8ccccc8)c67)cc5c5cccnc54)cc3)n2)cc1. The predicted octanol–water partition coefficient (Wildman–Crippen LogP) is 12.1. The number of aromatic nitrogens is 6. The van der Waals surface area contributed by atoms with Gasteiger partial charge >= 0.3 is 0 Å². The minimum absolute atomic E-state index is 0.622. The predicted molar refractivity (Wildman–Crippen MR) is 228 cm³/mol. The topological polar surface area (TPSA) is 61.4 Å². The highest BCUT2D eigenvalue weighted by atomic mass is 15.1. The standard InChI is InChI=1S/C50H32N6/c1-4-14-33(15-5-1)47-52-48(34-16-6-2-7-17-34)54-49(53-47)35-25-28-38(29-26-35)56-45-30-27-36(32-43(45)42-23-13-31-51-50(42)56)39-21-12-22-41-40-20-10-11-24-44(40)55(46(39)41)37-18-8-3-9-19-37/h1-32H. The van der Waals surface area contributed by atoms with Gasteiger partial charge < -0.3 is 4.57 Å². The second-order valence-electron chi connectivity index (χ2n) is 13.9. The van der Waals surface area contributed by atoms with E-state index in [0.29, 0.717) is 17.5 Å². The van der Waals surface area contributed by atoms with Crippen LogP contribution in [-0.4, -0.2) is 29.1 Å². The van der Waals surface area contributed by atoms with Crippen LogP contribution in [0.5, 0.6) is 0 Å². The molecule has 0 saturated carbocycles. The van der Waals surface area contributed by atoms with E-state index < -0.39 is 0 Å². The second kappa shape index (κ2) is 13.0. The number of nitrogens with zero attached hydrogens (tertiary/aromatic N) is 6. The molecule has 0 bridgehead atoms. The molecule has 0 N–H and O–H groups in total. The third kappa shape index (κ3) is 5.19. The Morgan fingerprint density at radius 2 is 0.875 bits per heavy atom. The van der Waals surface area contributed by atoms with E-state index in [-0.39, 0.29) is 0 Å². The molecule has 7 aromatic carbocycles. The van der Waals surface area contributed by atoms with Gasteiger partial charge in [-0.15, -0.1) is 0 Å². The Bertz CT molecular complexity index is 3160. The molecule has 0 radical (unpaired) electrons. The van der Waals surface area contributed by atoms with Gasteiger partial charge in [0, 0.05) is 61.4 Å². The van der Waals surface area contributed by atoms with Gasteiger partial charge in [-0.1, -0.05) is 121 Å². The maximum Gasteiger partial charge on any atom is 0.164 e. The highest BCUT2D eigenvalue weighted by Crippen LogP contribution is 2.40. The molecule has 11 rings (SSSR count). The Hall–Kier alpha value is -7.70. The number of hydrogen-bond donors (Lipinski definition) is 0. The largest absolute Gasteiger partial charge is 0.309 e. The highest BCUT2D eigenvalue weighted by Gasteiger charge is 2.19. The zero-order valence-corrected chi connectivity index (χ0v) is 30.2. The van der Waals surface area contributed by atoms with Gasteiger partial charge in [-0.25, -0.2) is 19.9 Å². The monoisotopic (exact) mass is 716 g/mol. The van der Waals surface area contributed by atoms with Crippen LogP contribution in [0.3, 0.4) is 0 Å². The first-order chi connectivity index (χ1) is 27.8. The highest BCUT2D eigenvalue weighted by molar-refractivity contribution is 6.15. The molecule has 0 saturated heterocycles. The zero-order valence-electron chi connectivity index (χ0n) is 30.2. The van der Waals surface area contributed by atoms with Crippen molar-refractivity contribution in [2.75, 3.05) is 0 Å². The van der Waals surface area contributed by atoms with Crippen LogP contribution in [0.1, 0.15) is 0 Å². The van der Waals surface area contributed by atoms with Crippen molar-refractivity contribution in [1.82, 2.24) is 29.1 Å². The number of rotatable bonds is 6. The Balaban J connectivity index is 1.05. The lowest BCUT2D eigenvalue weighted by atomic mass is 10.00. The zero-order chi connectivity index (χ0) is 37.0. The van der Waals surface area contributed by atoms with Crippen molar-refractivity contribution >= 4 is 43.7 Å². The van der Waals surface area contributed by atoms with Gasteiger partial charge in [-0.2, -0.15) is 0 Å². The molecule has 4 heterocycles. The summed E-state index contributed by atoms with van der Waals surface area (Å²) in [6.07, 6.45) is 1.87. The van der Waals surface area contributed by atoms with Gasteiger partial charge in [0.15, 0.2) is 17.5 Å². The first-order valence-electron chi connectivity index (χ1n) is 18.7. The molecule has 0 aliphatic carbocycles. The minimum Gasteiger partial charge on any atom is -0.309 e. The lowest BCUT2D eigenvalue weighted by molar-refractivity contribution is 1.07. The smallest absolute Gasteiger partial charge is 0.164 e. The average molecular weight is 717 g/mol. The third-order valence-electron chi connectivity index (χ3n) is 10.6. The molecule has 0 unspecified atom stereocenters. The first kappa shape index (κ1) is 31.8. The molecule has 0 amide bonds. The molecular formula is C50H32N6. The van der Waals surface area contributed by atoms with E-state index in [1.807, 2.05) is 72.9 Å². The number of hydrogen-bond acceptors (Lipinski definition) is 4. The minimum atomic E-state index is 0.622. The molecule has 0 atom stereocenters. The van der Waals surface area contributed by atoms with Gasteiger partial charge in [0.1, 0.15) is 5.65 Å². The van der Waals surface area contributed by atoms with E-state index >= 15 is 0 Å². The number of para-hydroxylation sites is 3. The Labute approximate surface area is 322 Å². The summed E-state index contributed by atoms with van der Waals surface area (Å²) < 4.78 is 4.65. The van der Waals surface area contributed by atoms with Gasteiger partial charge in [0.2, 0.25) is 0 Å². The molecule has 0 aliphatic heterocycles. The van der Waals surface area contributed by atoms with Crippen LogP contribution in [0.25, 0.3) is 100 Å². The summed E-state index contributed by atoms with van der Waals surface area (Å²) in [5.41, 5.74) is 11.6. The van der Waals surface area contributed by atoms with E-state index in [4.69, 9.17) is 19.9 Å². The average Bonchev–Trinajstić information content (AvgIpc) is 3.80. The van der Waals surface area contributed by atoms with Gasteiger partial charge in [0.05, 0.1) is 16.6 Å². The normalized spacial score (nSPS) is 11.6. The second-order valence-corrected chi connectivity index (χ2v) is 13.9. The molecule has 4 aromatic heterocycles. The number of pyridine rings is 1. The van der Waals surface area contributed by atoms with Crippen LogP contribution >= 0.6 is 0 Å². The van der Waals surface area contributed by atoms with Crippen LogP contribution in [0, 0.1) is 0 Å². The van der Waals surface area contributed by atoms with Crippen molar-refractivity contribution < 1.29 is 0 Å². The summed E-state index contributed by atoms with van der Waals surface area (Å²) in [5, 5.41) is 4.72. The molecule has 262 valence electrons. The fraction of sp³-hybridized carbons (Fsp3) is 0. The quantitative estimate of drug-likeness (QED) is 0.172. The summed E-state index contributed by atoms with van der Waals surface area (Å²) in [6, 6.07) is 65.5. The Morgan fingerprint density at radius 1 is 0.339 bits per heavy atom. The molecule has 0 fully saturated rings. The van der Waals surface area contributed by atoms with Gasteiger partial charge in [-0.05, 0) is 72.3 Å². The summed E-state index contributed by atoms with van der Waals surface area (Å²) >= 11 is 0. The van der Waals surface area contributed by atoms with E-state index in [0.717, 1.165) is 55.6 Å². The van der Waals surface area contributed by atoms with Crippen LogP contribution in [0.2, 0.25) is 0 Å². The van der Waals surface area contributed by atoms with Crippen molar-refractivity contribution in [2.45, 2.75) is 0 Å². The van der Waals surface area contributed by atoms with Crippen molar-refractivity contribution in [3.05, 3.63) is 194 Å². The van der Waals surface area contributed by atoms with E-state index in [9.17, 15) is 0 Å². The fourth-order valence-corrected chi connectivity index (χ4v) is 8.07. The van der Waals surface area contributed by atoms with Crippen molar-refractivity contribution in [3.63, 3.8) is 0 Å². The number of fused-ring (bicyclic) bond motifs is 6. The van der Waals surface area contributed by atoms with E-state index in [1.54, 1.807) is 0 Å². The molecule has 11 aromatic rings. The maximum absolute atomic E-state index is 4.95. The summed E-state index contributed by atoms with van der Waals surface area (Å²) in [4.78, 5) is 19.7.